The number of ketones is 4. The standard InChI is InChI=1S/C30H52N8O10S4/c1-6-15(4)24(27(45)20(39)11-31)35-30(48)23(14(2)3)37-36-17(8-10-22(41)42)26(44)25(43)16(7-9-21(32)40)33-28(46)18(12-49)34-29(47)19(13-50)38-52-51-5/h14-19,23-24,36-38,49-50H,6-13,31H2,1-5H3,(H2,32,40)(H,33,46)(H,34,47)(H,35,48)(H,41,42)/t15-,16-,17-,18-,19-,23-,24?/m0/s1. The molecule has 0 spiro atoms. The summed E-state index contributed by atoms with van der Waals surface area (Å²) in [4.78, 5) is 114. The molecule has 52 heavy (non-hydrogen) atoms. The summed E-state index contributed by atoms with van der Waals surface area (Å²) < 4.78 is 2.86. The number of hydrazine groups is 1. The number of carbonyl (C=O) groups is 9. The van der Waals surface area contributed by atoms with E-state index >= 15 is 0 Å². The van der Waals surface area contributed by atoms with Crippen molar-refractivity contribution in [2.75, 3.05) is 24.3 Å². The fourth-order valence-corrected chi connectivity index (χ4v) is 6.08. The lowest BCUT2D eigenvalue weighted by atomic mass is 9.92. The number of Topliss-reactive ketones (excluding diaryl/α,β-unsaturated/α-hetero) is 4. The van der Waals surface area contributed by atoms with E-state index in [9.17, 15) is 48.3 Å². The Kier molecular flexibility index (Phi) is 24.7. The van der Waals surface area contributed by atoms with Crippen molar-refractivity contribution in [1.29, 1.82) is 0 Å². The maximum Gasteiger partial charge on any atom is 0.303 e. The van der Waals surface area contributed by atoms with Gasteiger partial charge in [0.25, 0.3) is 0 Å². The van der Waals surface area contributed by atoms with E-state index in [1.165, 1.54) is 21.8 Å². The number of carbonyl (C=O) groups excluding carboxylic acids is 8. The predicted molar refractivity (Wildman–Crippen MR) is 204 cm³/mol. The van der Waals surface area contributed by atoms with Gasteiger partial charge in [-0.3, -0.25) is 43.2 Å². The van der Waals surface area contributed by atoms with E-state index in [4.69, 9.17) is 11.5 Å². The van der Waals surface area contributed by atoms with E-state index in [-0.39, 0.29) is 11.5 Å². The zero-order chi connectivity index (χ0) is 40.1. The summed E-state index contributed by atoms with van der Waals surface area (Å²) in [6, 6.07) is -7.64. The van der Waals surface area contributed by atoms with E-state index in [2.05, 4.69) is 56.8 Å². The molecule has 0 radical (unpaired) electrons. The molecule has 0 rings (SSSR count). The van der Waals surface area contributed by atoms with Gasteiger partial charge in [0.15, 0.2) is 0 Å². The molecule has 0 aromatic heterocycles. The number of nitrogens with two attached hydrogens (primary N) is 2. The Bertz CT molecular complexity index is 1280. The number of thiol groups is 2. The highest BCUT2D eigenvalue weighted by Crippen LogP contribution is 2.14. The topological polar surface area (TPSA) is 298 Å². The van der Waals surface area contributed by atoms with Gasteiger partial charge in [-0.15, -0.1) is 0 Å². The van der Waals surface area contributed by atoms with Crippen LogP contribution < -0.4 is 43.0 Å². The number of nitrogens with one attached hydrogen (secondary N) is 6. The molecule has 0 aliphatic carbocycles. The van der Waals surface area contributed by atoms with E-state index in [1.54, 1.807) is 34.0 Å². The third kappa shape index (κ3) is 17.4. The molecule has 296 valence electrons. The Morgan fingerprint density at radius 3 is 1.73 bits per heavy atom. The van der Waals surface area contributed by atoms with Crippen LogP contribution in [0.5, 0.6) is 0 Å². The molecular formula is C30H52N8O10S4. The average molecular weight is 813 g/mol. The lowest BCUT2D eigenvalue weighted by Gasteiger charge is -2.29. The van der Waals surface area contributed by atoms with Gasteiger partial charge in [0.2, 0.25) is 46.8 Å². The van der Waals surface area contributed by atoms with Gasteiger partial charge in [0.1, 0.15) is 18.1 Å². The number of carboxylic acids is 1. The largest absolute Gasteiger partial charge is 0.481 e. The molecule has 11 N–H and O–H groups in total. The summed E-state index contributed by atoms with van der Waals surface area (Å²) in [5.74, 6) is -9.66. The fraction of sp³-hybridized carbons (Fsp3) is 0.700. The average Bonchev–Trinajstić information content (AvgIpc) is 3.10. The summed E-state index contributed by atoms with van der Waals surface area (Å²) in [6.45, 7) is 6.14. The number of amides is 4. The van der Waals surface area contributed by atoms with Crippen molar-refractivity contribution < 1.29 is 48.3 Å². The first-order valence-corrected chi connectivity index (χ1v) is 20.2. The molecule has 0 fully saturated rings. The smallest absolute Gasteiger partial charge is 0.303 e. The van der Waals surface area contributed by atoms with Gasteiger partial charge >= 0.3 is 5.97 Å². The van der Waals surface area contributed by atoms with Crippen LogP contribution in [0.15, 0.2) is 0 Å². The summed E-state index contributed by atoms with van der Waals surface area (Å²) in [5.41, 5.74) is 15.8. The maximum absolute atomic E-state index is 13.6. The second-order valence-corrected chi connectivity index (χ2v) is 15.0. The Morgan fingerprint density at radius 1 is 0.712 bits per heavy atom. The van der Waals surface area contributed by atoms with Crippen molar-refractivity contribution in [2.45, 2.75) is 96.1 Å². The van der Waals surface area contributed by atoms with Crippen molar-refractivity contribution >= 4 is 99.8 Å². The molecule has 0 aliphatic rings. The van der Waals surface area contributed by atoms with Gasteiger partial charge in [-0.05, 0) is 41.9 Å². The van der Waals surface area contributed by atoms with Crippen molar-refractivity contribution in [2.24, 2.45) is 23.3 Å². The van der Waals surface area contributed by atoms with E-state index in [0.29, 0.717) is 6.42 Å². The maximum atomic E-state index is 13.6. The number of aliphatic carboxylic acids is 1. The zero-order valence-corrected chi connectivity index (χ0v) is 33.2. The van der Waals surface area contributed by atoms with E-state index in [1.807, 2.05) is 0 Å². The number of rotatable bonds is 29. The molecule has 0 aromatic rings. The van der Waals surface area contributed by atoms with Gasteiger partial charge in [-0.25, -0.2) is 15.6 Å². The van der Waals surface area contributed by atoms with Crippen LogP contribution in [0.4, 0.5) is 0 Å². The van der Waals surface area contributed by atoms with Crippen molar-refractivity contribution in [3.8, 4) is 0 Å². The molecule has 22 heteroatoms. The highest BCUT2D eigenvalue weighted by molar-refractivity contribution is 8.75. The first-order valence-electron chi connectivity index (χ1n) is 16.3. The lowest BCUT2D eigenvalue weighted by Crippen LogP contribution is -2.61. The number of hydrogen-bond donors (Lipinski definition) is 11. The van der Waals surface area contributed by atoms with Crippen molar-refractivity contribution in [1.82, 2.24) is 31.5 Å². The molecule has 1 unspecified atom stereocenters. The van der Waals surface area contributed by atoms with E-state index < -0.39 is 133 Å². The van der Waals surface area contributed by atoms with Crippen LogP contribution in [0.1, 0.15) is 59.8 Å². The van der Waals surface area contributed by atoms with Crippen LogP contribution in [0.25, 0.3) is 0 Å². The molecule has 0 aliphatic heterocycles. The molecular weight excluding hydrogens is 761 g/mol. The number of primary amides is 1. The van der Waals surface area contributed by atoms with Crippen molar-refractivity contribution in [3.63, 3.8) is 0 Å². The lowest BCUT2D eigenvalue weighted by molar-refractivity contribution is -0.142. The third-order valence-corrected chi connectivity index (χ3v) is 9.79. The summed E-state index contributed by atoms with van der Waals surface area (Å²) >= 11 is 8.26. The highest BCUT2D eigenvalue weighted by atomic mass is 33.1. The minimum Gasteiger partial charge on any atom is -0.481 e. The third-order valence-electron chi connectivity index (χ3n) is 7.72. The quantitative estimate of drug-likeness (QED) is 0.0129. The molecule has 0 aromatic carbocycles. The number of hydrogen-bond acceptors (Lipinski definition) is 17. The Balaban J connectivity index is 6.25. The molecule has 18 nitrogen and oxygen atoms in total. The summed E-state index contributed by atoms with van der Waals surface area (Å²) in [5, 5.41) is 16.7. The van der Waals surface area contributed by atoms with Gasteiger partial charge in [0.05, 0.1) is 24.7 Å². The van der Waals surface area contributed by atoms with Crippen molar-refractivity contribution in [3.05, 3.63) is 0 Å². The number of carboxylic acid groups (broad SMARTS) is 1. The van der Waals surface area contributed by atoms with Gasteiger partial charge in [-0.1, -0.05) is 44.9 Å². The van der Waals surface area contributed by atoms with E-state index in [0.717, 1.165) is 0 Å². The van der Waals surface area contributed by atoms with Gasteiger partial charge < -0.3 is 32.5 Å². The van der Waals surface area contributed by atoms with Crippen LogP contribution in [0.3, 0.4) is 0 Å². The second-order valence-electron chi connectivity index (χ2n) is 12.0. The molecule has 4 amide bonds. The molecule has 0 bridgehead atoms. The Labute approximate surface area is 322 Å². The highest BCUT2D eigenvalue weighted by Gasteiger charge is 2.37. The monoisotopic (exact) mass is 812 g/mol. The SMILES string of the molecule is CC[C@H](C)C(NC(=O)[C@@H](NN[C@@H](CCC(=O)O)C(=O)C(=O)[C@H](CCC(N)=O)NC(=O)[C@H](CS)NC(=O)[C@H](CS)NSSC)C(C)C)C(=O)C(=O)CN. The minimum absolute atomic E-state index is 0.0805. The first-order chi connectivity index (χ1) is 24.4. The molecule has 7 atom stereocenters. The molecule has 0 saturated carbocycles. The molecule has 0 heterocycles. The van der Waals surface area contributed by atoms with Crippen LogP contribution >= 0.6 is 47.0 Å². The summed E-state index contributed by atoms with van der Waals surface area (Å²) in [6.07, 6.45) is 0.329. The summed E-state index contributed by atoms with van der Waals surface area (Å²) in [7, 11) is 2.51. The zero-order valence-electron chi connectivity index (χ0n) is 29.8. The van der Waals surface area contributed by atoms with Gasteiger partial charge in [0, 0.05) is 24.3 Å². The first kappa shape index (κ1) is 49.3. The van der Waals surface area contributed by atoms with Crippen LogP contribution in [-0.4, -0.2) is 118 Å². The Hall–Kier alpha value is -2.73. The predicted octanol–water partition coefficient (Wildman–Crippen LogP) is -1.92. The van der Waals surface area contributed by atoms with Crippen LogP contribution in [0, 0.1) is 11.8 Å². The minimum atomic E-state index is -1.63. The Morgan fingerprint density at radius 2 is 1.25 bits per heavy atom. The van der Waals surface area contributed by atoms with Gasteiger partial charge in [-0.2, -0.15) is 25.3 Å². The second kappa shape index (κ2) is 26.1. The normalized spacial score (nSPS) is 15.2. The molecule has 0 saturated heterocycles. The van der Waals surface area contributed by atoms with Crippen LogP contribution in [0.2, 0.25) is 0 Å². The van der Waals surface area contributed by atoms with Crippen LogP contribution in [-0.2, 0) is 43.2 Å². The fourth-order valence-electron chi connectivity index (χ4n) is 4.40.